The molecule has 96 valence electrons. The second-order valence-electron chi connectivity index (χ2n) is 2.98. The van der Waals surface area contributed by atoms with Gasteiger partial charge in [0.1, 0.15) is 0 Å². The fourth-order valence-electron chi connectivity index (χ4n) is 1.14. The second kappa shape index (κ2) is 5.49. The van der Waals surface area contributed by atoms with Gasteiger partial charge in [0.15, 0.2) is 0 Å². The Balaban J connectivity index is 3.39. The summed E-state index contributed by atoms with van der Waals surface area (Å²) in [4.78, 5) is 21.0. The van der Waals surface area contributed by atoms with E-state index in [4.69, 9.17) is 5.53 Å². The van der Waals surface area contributed by atoms with Crippen molar-refractivity contribution >= 4 is 33.3 Å². The lowest BCUT2D eigenvalue weighted by atomic mass is 10.2. The number of benzene rings is 1. The summed E-state index contributed by atoms with van der Waals surface area (Å²) in [5.74, 6) is -1.06. The van der Waals surface area contributed by atoms with E-state index >= 15 is 0 Å². The van der Waals surface area contributed by atoms with E-state index in [-0.39, 0.29) is 10.2 Å². The molecule has 0 saturated heterocycles. The van der Waals surface area contributed by atoms with Gasteiger partial charge in [0, 0.05) is 17.6 Å². The first-order valence-corrected chi connectivity index (χ1v) is 5.24. The van der Waals surface area contributed by atoms with Crippen LogP contribution in [0.4, 0.5) is 20.6 Å². The van der Waals surface area contributed by atoms with Crippen molar-refractivity contribution in [1.82, 2.24) is 5.32 Å². The number of hydrogen-bond acceptors (Lipinski definition) is 5. The number of hydrogen-bond donors (Lipinski definition) is 2. The highest BCUT2D eigenvalue weighted by Gasteiger charge is 2.23. The number of nitro groups is 1. The molecule has 10 heteroatoms. The lowest BCUT2D eigenvalue weighted by Crippen LogP contribution is -2.34. The molecule has 0 aliphatic carbocycles. The summed E-state index contributed by atoms with van der Waals surface area (Å²) in [7, 11) is 1.30. The third kappa shape index (κ3) is 2.59. The molecule has 2 N–H and O–H groups in total. The van der Waals surface area contributed by atoms with E-state index in [0.717, 1.165) is 12.1 Å². The van der Waals surface area contributed by atoms with Crippen molar-refractivity contribution in [1.29, 1.82) is 5.53 Å². The topological polar surface area (TPSA) is 112 Å². The SMILES string of the molecule is CNC(=O)N(N=N)c1cc([N+](=O)[O-])c(F)cc1Br. The maximum Gasteiger partial charge on any atom is 0.343 e. The fourth-order valence-corrected chi connectivity index (χ4v) is 1.63. The summed E-state index contributed by atoms with van der Waals surface area (Å²) in [6.45, 7) is 0. The highest BCUT2D eigenvalue weighted by Crippen LogP contribution is 2.33. The molecule has 0 radical (unpaired) electrons. The monoisotopic (exact) mass is 319 g/mol. The molecular weight excluding hydrogens is 313 g/mol. The number of rotatable bonds is 3. The molecule has 0 spiro atoms. The van der Waals surface area contributed by atoms with Gasteiger partial charge in [-0.3, -0.25) is 10.1 Å². The summed E-state index contributed by atoms with van der Waals surface area (Å²) < 4.78 is 13.3. The maximum atomic E-state index is 13.3. The van der Waals surface area contributed by atoms with E-state index in [2.05, 4.69) is 26.5 Å². The molecule has 1 rings (SSSR count). The molecule has 1 aromatic rings. The van der Waals surface area contributed by atoms with Gasteiger partial charge < -0.3 is 5.32 Å². The Bertz CT molecular complexity index is 524. The zero-order valence-corrected chi connectivity index (χ0v) is 10.6. The standard InChI is InChI=1S/C8H7BrFN5O3/c1-12-8(16)14(13-11)6-3-7(15(17)18)5(10)2-4(6)9/h2-3,11H,1H3,(H,12,16). The molecule has 0 aromatic heterocycles. The first-order chi connectivity index (χ1) is 8.42. The van der Waals surface area contributed by atoms with Crippen LogP contribution in [0.1, 0.15) is 0 Å². The Morgan fingerprint density at radius 2 is 2.28 bits per heavy atom. The number of halogens is 2. The van der Waals surface area contributed by atoms with Crippen molar-refractivity contribution in [3.63, 3.8) is 0 Å². The minimum Gasteiger partial charge on any atom is -0.339 e. The van der Waals surface area contributed by atoms with Gasteiger partial charge in [-0.15, -0.1) is 0 Å². The van der Waals surface area contributed by atoms with Crippen molar-refractivity contribution in [2.45, 2.75) is 0 Å². The van der Waals surface area contributed by atoms with Crippen LogP contribution in [0.3, 0.4) is 0 Å². The molecule has 1 aromatic carbocycles. The average Bonchev–Trinajstić information content (AvgIpc) is 2.31. The third-order valence-electron chi connectivity index (χ3n) is 1.95. The van der Waals surface area contributed by atoms with E-state index in [1.807, 2.05) is 0 Å². The van der Waals surface area contributed by atoms with E-state index in [9.17, 15) is 19.3 Å². The first kappa shape index (κ1) is 14.0. The normalized spacial score (nSPS) is 9.72. The highest BCUT2D eigenvalue weighted by atomic mass is 79.9. The number of nitrogens with one attached hydrogen (secondary N) is 2. The smallest absolute Gasteiger partial charge is 0.339 e. The number of carbonyl (C=O) groups is 1. The Morgan fingerprint density at radius 1 is 1.67 bits per heavy atom. The highest BCUT2D eigenvalue weighted by molar-refractivity contribution is 9.10. The number of urea groups is 1. The van der Waals surface area contributed by atoms with Crippen molar-refractivity contribution in [3.05, 3.63) is 32.5 Å². The quantitative estimate of drug-likeness (QED) is 0.507. The van der Waals surface area contributed by atoms with Crippen LogP contribution in [0.25, 0.3) is 0 Å². The van der Waals surface area contributed by atoms with E-state index in [1.54, 1.807) is 0 Å². The first-order valence-electron chi connectivity index (χ1n) is 4.45. The number of nitro benzene ring substituents is 1. The van der Waals surface area contributed by atoms with Crippen LogP contribution in [0, 0.1) is 21.5 Å². The van der Waals surface area contributed by atoms with Crippen molar-refractivity contribution in [2.75, 3.05) is 12.1 Å². The molecule has 0 aliphatic heterocycles. The Labute approximate surface area is 109 Å². The summed E-state index contributed by atoms with van der Waals surface area (Å²) in [6.07, 6.45) is 0. The van der Waals surface area contributed by atoms with Gasteiger partial charge in [-0.2, -0.15) is 14.9 Å². The summed E-state index contributed by atoms with van der Waals surface area (Å²) >= 11 is 2.94. The van der Waals surface area contributed by atoms with Crippen LogP contribution in [-0.4, -0.2) is 18.0 Å². The van der Waals surface area contributed by atoms with Crippen molar-refractivity contribution in [2.24, 2.45) is 5.22 Å². The predicted octanol–water partition coefficient (Wildman–Crippen LogP) is 2.59. The van der Waals surface area contributed by atoms with Crippen LogP contribution in [-0.2, 0) is 0 Å². The molecule has 0 unspecified atom stereocenters. The maximum absolute atomic E-state index is 13.3. The second-order valence-corrected chi connectivity index (χ2v) is 3.83. The molecule has 0 bridgehead atoms. The summed E-state index contributed by atoms with van der Waals surface area (Å²) in [5.41, 5.74) is 5.94. The number of nitrogens with zero attached hydrogens (tertiary/aromatic N) is 3. The third-order valence-corrected chi connectivity index (χ3v) is 2.58. The van der Waals surface area contributed by atoms with Crippen molar-refractivity contribution < 1.29 is 14.1 Å². The largest absolute Gasteiger partial charge is 0.343 e. The molecule has 18 heavy (non-hydrogen) atoms. The molecule has 8 nitrogen and oxygen atoms in total. The number of anilines is 1. The molecule has 0 aliphatic rings. The zero-order chi connectivity index (χ0) is 13.9. The van der Waals surface area contributed by atoms with Crippen LogP contribution < -0.4 is 10.3 Å². The molecule has 0 heterocycles. The van der Waals surface area contributed by atoms with Gasteiger partial charge in [-0.05, 0) is 22.0 Å². The van der Waals surface area contributed by atoms with Gasteiger partial charge in [0.2, 0.25) is 5.82 Å². The van der Waals surface area contributed by atoms with Gasteiger partial charge in [-0.1, -0.05) is 5.22 Å². The van der Waals surface area contributed by atoms with Crippen LogP contribution in [0.5, 0.6) is 0 Å². The average molecular weight is 320 g/mol. The Morgan fingerprint density at radius 3 is 2.72 bits per heavy atom. The molecule has 0 fully saturated rings. The summed E-state index contributed by atoms with van der Waals surface area (Å²) in [5, 5.41) is 16.3. The zero-order valence-electron chi connectivity index (χ0n) is 8.98. The van der Waals surface area contributed by atoms with Gasteiger partial charge in [0.25, 0.3) is 0 Å². The van der Waals surface area contributed by atoms with E-state index in [0.29, 0.717) is 5.01 Å². The molecule has 0 saturated carbocycles. The van der Waals surface area contributed by atoms with Gasteiger partial charge in [0.05, 0.1) is 10.6 Å². The minimum atomic E-state index is -1.06. The van der Waals surface area contributed by atoms with E-state index in [1.165, 1.54) is 7.05 Å². The lowest BCUT2D eigenvalue weighted by Gasteiger charge is -2.15. The van der Waals surface area contributed by atoms with Crippen LogP contribution in [0.2, 0.25) is 0 Å². The number of carbonyl (C=O) groups excluding carboxylic acids is 1. The Kier molecular flexibility index (Phi) is 4.26. The molecular formula is C8H7BrFN5O3. The number of amides is 2. The molecule has 0 atom stereocenters. The summed E-state index contributed by atoms with van der Waals surface area (Å²) in [6, 6.07) is 0.855. The fraction of sp³-hybridized carbons (Fsp3) is 0.125. The lowest BCUT2D eigenvalue weighted by molar-refractivity contribution is -0.387. The van der Waals surface area contributed by atoms with Gasteiger partial charge in [-0.25, -0.2) is 4.79 Å². The van der Waals surface area contributed by atoms with Crippen LogP contribution in [0.15, 0.2) is 21.8 Å². The predicted molar refractivity (Wildman–Crippen MR) is 62.8 cm³/mol. The minimum absolute atomic E-state index is 0.0604. The van der Waals surface area contributed by atoms with Gasteiger partial charge >= 0.3 is 11.7 Å². The van der Waals surface area contributed by atoms with Crippen molar-refractivity contribution in [3.8, 4) is 0 Å². The van der Waals surface area contributed by atoms with E-state index < -0.39 is 22.5 Å². The Hall–Kier alpha value is -2.10. The van der Waals surface area contributed by atoms with Crippen LogP contribution >= 0.6 is 15.9 Å². The molecule has 2 amide bonds.